The first-order valence-electron chi connectivity index (χ1n) is 15.1. The number of hydrogen-bond acceptors (Lipinski definition) is 13. The van der Waals surface area contributed by atoms with Gasteiger partial charge < -0.3 is 28.4 Å². The minimum Gasteiger partial charge on any atom is -0.461 e. The van der Waals surface area contributed by atoms with E-state index in [0.717, 1.165) is 0 Å². The smallest absolute Gasteiger partial charge is 0.340 e. The van der Waals surface area contributed by atoms with Crippen molar-refractivity contribution in [1.29, 1.82) is 0 Å². The fourth-order valence-corrected chi connectivity index (χ4v) is 7.75. The Labute approximate surface area is 266 Å². The molecule has 0 amide bonds. The maximum absolute atomic E-state index is 13.8. The van der Waals surface area contributed by atoms with Crippen molar-refractivity contribution in [3.8, 4) is 0 Å². The molecule has 8 unspecified atom stereocenters. The van der Waals surface area contributed by atoms with Crippen LogP contribution in [0.5, 0.6) is 0 Å². The van der Waals surface area contributed by atoms with Crippen molar-refractivity contribution in [2.24, 2.45) is 17.3 Å². The zero-order valence-corrected chi connectivity index (χ0v) is 26.6. The van der Waals surface area contributed by atoms with Gasteiger partial charge in [0.25, 0.3) is 0 Å². The molecule has 13 nitrogen and oxygen atoms in total. The van der Waals surface area contributed by atoms with E-state index >= 15 is 0 Å². The third-order valence-corrected chi connectivity index (χ3v) is 9.46. The summed E-state index contributed by atoms with van der Waals surface area (Å²) >= 11 is 0. The normalized spacial score (nSPS) is 32.3. The van der Waals surface area contributed by atoms with Gasteiger partial charge in [-0.25, -0.2) is 9.59 Å². The Balaban J connectivity index is 1.77. The number of nitrogens with zero attached hydrogens (tertiary/aromatic N) is 2. The number of aromatic nitrogens is 2. The van der Waals surface area contributed by atoms with Crippen LogP contribution in [-0.2, 0) is 42.8 Å². The lowest BCUT2D eigenvalue weighted by atomic mass is 9.48. The van der Waals surface area contributed by atoms with Crippen LogP contribution in [0.4, 0.5) is 0 Å². The minimum atomic E-state index is -1.75. The molecule has 1 aliphatic heterocycles. The molecule has 13 heteroatoms. The molecule has 2 aromatic rings. The van der Waals surface area contributed by atoms with Gasteiger partial charge in [0.2, 0.25) is 0 Å². The lowest BCUT2D eigenvalue weighted by Crippen LogP contribution is -2.77. The highest BCUT2D eigenvalue weighted by atomic mass is 16.6. The van der Waals surface area contributed by atoms with Crippen LogP contribution in [0.25, 0.3) is 0 Å². The van der Waals surface area contributed by atoms with Crippen molar-refractivity contribution in [2.45, 2.75) is 90.0 Å². The number of hydrogen-bond donors (Lipinski definition) is 0. The number of carbonyl (C=O) groups excluding carboxylic acids is 5. The average Bonchev–Trinajstić information content (AvgIpc) is 3.26. The predicted octanol–water partition coefficient (Wildman–Crippen LogP) is 3.25. The van der Waals surface area contributed by atoms with Crippen LogP contribution in [-0.4, -0.2) is 82.0 Å². The quantitative estimate of drug-likeness (QED) is 0.306. The summed E-state index contributed by atoms with van der Waals surface area (Å²) in [6, 6.07) is 6.16. The van der Waals surface area contributed by atoms with E-state index in [1.165, 1.54) is 57.7 Å². The van der Waals surface area contributed by atoms with E-state index in [-0.39, 0.29) is 24.0 Å². The molecule has 3 fully saturated rings. The van der Waals surface area contributed by atoms with Crippen molar-refractivity contribution < 1.29 is 52.4 Å². The molecular weight excluding hydrogens is 600 g/mol. The zero-order valence-electron chi connectivity index (χ0n) is 26.6. The van der Waals surface area contributed by atoms with Crippen molar-refractivity contribution in [3.05, 3.63) is 60.2 Å². The fraction of sp³-hybridized carbons (Fsp3) is 0.545. The Morgan fingerprint density at radius 2 is 1.41 bits per heavy atom. The van der Waals surface area contributed by atoms with Crippen LogP contribution in [0.2, 0.25) is 0 Å². The minimum absolute atomic E-state index is 0.100. The van der Waals surface area contributed by atoms with E-state index in [1.807, 2.05) is 20.8 Å². The summed E-state index contributed by atoms with van der Waals surface area (Å²) in [4.78, 5) is 73.3. The van der Waals surface area contributed by atoms with E-state index in [9.17, 15) is 24.0 Å². The summed E-state index contributed by atoms with van der Waals surface area (Å²) in [5, 5.41) is 0. The Morgan fingerprint density at radius 3 is 1.96 bits per heavy atom. The molecule has 246 valence electrons. The molecule has 46 heavy (non-hydrogen) atoms. The van der Waals surface area contributed by atoms with Crippen LogP contribution in [0.15, 0.2) is 49.1 Å². The second-order valence-corrected chi connectivity index (χ2v) is 12.7. The first-order valence-corrected chi connectivity index (χ1v) is 15.1. The molecule has 0 aromatic carbocycles. The molecule has 1 saturated heterocycles. The first-order chi connectivity index (χ1) is 21.7. The molecule has 2 bridgehead atoms. The number of carbonyl (C=O) groups is 5. The van der Waals surface area contributed by atoms with Crippen LogP contribution in [0, 0.1) is 17.3 Å². The number of fused-ring (bicyclic) bond motifs is 1. The van der Waals surface area contributed by atoms with Gasteiger partial charge in [-0.2, -0.15) is 0 Å². The second-order valence-electron chi connectivity index (χ2n) is 12.7. The van der Waals surface area contributed by atoms with Gasteiger partial charge in [0, 0.05) is 51.5 Å². The lowest BCUT2D eigenvalue weighted by Gasteiger charge is -2.62. The van der Waals surface area contributed by atoms with Crippen LogP contribution in [0.1, 0.15) is 75.1 Å². The van der Waals surface area contributed by atoms with Gasteiger partial charge in [0.05, 0.1) is 22.3 Å². The maximum atomic E-state index is 13.8. The maximum Gasteiger partial charge on any atom is 0.340 e. The third-order valence-electron chi connectivity index (χ3n) is 9.46. The fourth-order valence-electron chi connectivity index (χ4n) is 7.75. The Hall–Kier alpha value is -4.39. The molecular formula is C33H38N2O11. The summed E-state index contributed by atoms with van der Waals surface area (Å²) in [5.41, 5.74) is -3.76. The van der Waals surface area contributed by atoms with Crippen LogP contribution < -0.4 is 0 Å². The Kier molecular flexibility index (Phi) is 8.91. The molecule has 3 heterocycles. The van der Waals surface area contributed by atoms with Gasteiger partial charge in [0.15, 0.2) is 12.2 Å². The third kappa shape index (κ3) is 5.72. The highest BCUT2D eigenvalue weighted by Crippen LogP contribution is 2.68. The van der Waals surface area contributed by atoms with Gasteiger partial charge in [-0.3, -0.25) is 24.4 Å². The van der Waals surface area contributed by atoms with E-state index in [2.05, 4.69) is 9.97 Å². The molecule has 5 rings (SSSR count). The summed E-state index contributed by atoms with van der Waals surface area (Å²) < 4.78 is 37.0. The largest absolute Gasteiger partial charge is 0.461 e. The van der Waals surface area contributed by atoms with Crippen molar-refractivity contribution >= 4 is 29.8 Å². The predicted molar refractivity (Wildman–Crippen MR) is 157 cm³/mol. The van der Waals surface area contributed by atoms with E-state index < -0.39 is 89.3 Å². The number of ether oxygens (including phenoxy) is 6. The van der Waals surface area contributed by atoms with Crippen LogP contribution in [0.3, 0.4) is 0 Å². The standard InChI is InChI=1S/C33H38N2O11/c1-18-13-25(42-19(2)36)27(44-21(4)38)32(17-41-29(39)22-9-7-11-34-15-22)28(45-30(40)23-10-8-12-35-16-23)26(43-20(3)37)24-14-33(18,32)46-31(24,5)6/h7-12,15-16,18,24-28H,13-14,17H2,1-6H3. The number of rotatable bonds is 8. The number of pyridine rings is 2. The zero-order chi connectivity index (χ0) is 33.4. The Morgan fingerprint density at radius 1 is 0.826 bits per heavy atom. The summed E-state index contributed by atoms with van der Waals surface area (Å²) in [5.74, 6) is -4.54. The topological polar surface area (TPSA) is 167 Å². The monoisotopic (exact) mass is 638 g/mol. The second kappa shape index (κ2) is 12.4. The number of esters is 5. The SMILES string of the molecule is CC(=O)OC1CC(C)C23CC(C(OC(C)=O)C(OC(=O)c4cccnc4)C2(COC(=O)c2cccnc2)C1OC(C)=O)C(C)(C)O3. The van der Waals surface area contributed by atoms with E-state index in [4.69, 9.17) is 28.4 Å². The molecule has 2 saturated carbocycles. The molecule has 1 spiro atoms. The van der Waals surface area contributed by atoms with Gasteiger partial charge in [-0.1, -0.05) is 6.92 Å². The van der Waals surface area contributed by atoms with Gasteiger partial charge in [0.1, 0.15) is 24.2 Å². The molecule has 8 atom stereocenters. The summed E-state index contributed by atoms with van der Waals surface area (Å²) in [7, 11) is 0. The molecule has 3 aliphatic rings. The molecule has 0 radical (unpaired) electrons. The average molecular weight is 639 g/mol. The molecule has 2 aliphatic carbocycles. The van der Waals surface area contributed by atoms with Gasteiger partial charge in [-0.15, -0.1) is 0 Å². The van der Waals surface area contributed by atoms with Crippen molar-refractivity contribution in [3.63, 3.8) is 0 Å². The van der Waals surface area contributed by atoms with E-state index in [0.29, 0.717) is 0 Å². The van der Waals surface area contributed by atoms with Crippen LogP contribution >= 0.6 is 0 Å². The highest BCUT2D eigenvalue weighted by molar-refractivity contribution is 5.89. The van der Waals surface area contributed by atoms with Gasteiger partial charge >= 0.3 is 29.8 Å². The lowest BCUT2D eigenvalue weighted by molar-refractivity contribution is -0.306. The summed E-state index contributed by atoms with van der Waals surface area (Å²) in [6.07, 6.45) is 1.10. The van der Waals surface area contributed by atoms with Crippen molar-refractivity contribution in [1.82, 2.24) is 9.97 Å². The summed E-state index contributed by atoms with van der Waals surface area (Å²) in [6.45, 7) is 8.68. The Bertz CT molecular complexity index is 1500. The highest BCUT2D eigenvalue weighted by Gasteiger charge is 2.81. The molecule has 0 N–H and O–H groups in total. The van der Waals surface area contributed by atoms with Gasteiger partial charge in [-0.05, 0) is 56.9 Å². The van der Waals surface area contributed by atoms with E-state index in [1.54, 1.807) is 12.1 Å². The first kappa shape index (κ1) is 33.0. The molecule has 2 aromatic heterocycles. The van der Waals surface area contributed by atoms with Crippen molar-refractivity contribution in [2.75, 3.05) is 6.61 Å².